The van der Waals surface area contributed by atoms with Crippen LogP contribution < -0.4 is 10.6 Å². The quantitative estimate of drug-likeness (QED) is 0.667. The molecule has 1 aromatic carbocycles. The lowest BCUT2D eigenvalue weighted by Gasteiger charge is -2.26. The fourth-order valence-electron chi connectivity index (χ4n) is 2.68. The zero-order valence-corrected chi connectivity index (χ0v) is 15.2. The number of benzene rings is 1. The second kappa shape index (κ2) is 8.63. The molecule has 0 radical (unpaired) electrons. The first kappa shape index (κ1) is 18.2. The minimum absolute atomic E-state index is 0. The van der Waals surface area contributed by atoms with Crippen LogP contribution in [-0.2, 0) is 0 Å². The van der Waals surface area contributed by atoms with Crippen molar-refractivity contribution in [2.24, 2.45) is 0 Å². The summed E-state index contributed by atoms with van der Waals surface area (Å²) in [5.74, 6) is -0.121. The lowest BCUT2D eigenvalue weighted by Crippen LogP contribution is -2.44. The Morgan fingerprint density at radius 2 is 2.13 bits per heavy atom. The van der Waals surface area contributed by atoms with Crippen LogP contribution in [0.1, 0.15) is 16.9 Å². The summed E-state index contributed by atoms with van der Waals surface area (Å²) in [6.45, 7) is 5.99. The summed E-state index contributed by atoms with van der Waals surface area (Å²) in [6.07, 6.45) is 0.956. The highest BCUT2D eigenvalue weighted by atomic mass is 79.9. The number of carbonyl (C=O) groups is 1. The molecule has 1 aromatic heterocycles. The van der Waals surface area contributed by atoms with E-state index in [4.69, 9.17) is 0 Å². The van der Waals surface area contributed by atoms with Crippen LogP contribution in [0, 0.1) is 0 Å². The molecule has 0 saturated carbocycles. The van der Waals surface area contributed by atoms with Crippen molar-refractivity contribution in [3.63, 3.8) is 0 Å². The molecule has 0 atom stereocenters. The number of amides is 1. The van der Waals surface area contributed by atoms with Crippen molar-refractivity contribution in [1.29, 1.82) is 0 Å². The Hall–Kier alpha value is -1.15. The Morgan fingerprint density at radius 3 is 2.91 bits per heavy atom. The summed E-state index contributed by atoms with van der Waals surface area (Å²) in [5.41, 5.74) is 1.33. The van der Waals surface area contributed by atoms with Gasteiger partial charge in [-0.2, -0.15) is 5.10 Å². The minimum atomic E-state index is -0.121. The Bertz CT molecular complexity index is 656. The molecule has 2 aromatic rings. The molecule has 1 aliphatic heterocycles. The molecule has 1 fully saturated rings. The number of aromatic nitrogens is 2. The number of H-pyrrole nitrogens is 1. The first-order valence-electron chi connectivity index (χ1n) is 7.59. The molecule has 2 heterocycles. The van der Waals surface area contributed by atoms with Crippen LogP contribution in [0.5, 0.6) is 0 Å². The highest BCUT2D eigenvalue weighted by molar-refractivity contribution is 9.10. The van der Waals surface area contributed by atoms with Gasteiger partial charge in [-0.25, -0.2) is 0 Å². The maximum Gasteiger partial charge on any atom is 0.272 e. The molecular formula is C15H21BrClN5O. The van der Waals surface area contributed by atoms with E-state index in [0.717, 1.165) is 54.5 Å². The number of fused-ring (bicyclic) bond motifs is 1. The van der Waals surface area contributed by atoms with Gasteiger partial charge in [0, 0.05) is 42.6 Å². The molecule has 23 heavy (non-hydrogen) atoms. The van der Waals surface area contributed by atoms with Crippen LogP contribution in [-0.4, -0.2) is 60.3 Å². The zero-order chi connectivity index (χ0) is 15.4. The van der Waals surface area contributed by atoms with E-state index >= 15 is 0 Å². The van der Waals surface area contributed by atoms with Gasteiger partial charge in [-0.1, -0.05) is 15.9 Å². The normalized spacial score (nSPS) is 15.3. The van der Waals surface area contributed by atoms with Crippen molar-refractivity contribution >= 4 is 45.1 Å². The number of rotatable bonds is 5. The van der Waals surface area contributed by atoms with Crippen molar-refractivity contribution in [2.75, 3.05) is 39.3 Å². The van der Waals surface area contributed by atoms with Crippen LogP contribution in [0.15, 0.2) is 22.7 Å². The van der Waals surface area contributed by atoms with Gasteiger partial charge >= 0.3 is 0 Å². The number of hydrogen-bond donors (Lipinski definition) is 3. The van der Waals surface area contributed by atoms with E-state index < -0.39 is 0 Å². The summed E-state index contributed by atoms with van der Waals surface area (Å²) < 4.78 is 0.939. The maximum absolute atomic E-state index is 12.2. The maximum atomic E-state index is 12.2. The van der Waals surface area contributed by atoms with Gasteiger partial charge in [-0.15, -0.1) is 12.4 Å². The van der Waals surface area contributed by atoms with E-state index in [0.29, 0.717) is 12.2 Å². The predicted octanol–water partition coefficient (Wildman–Crippen LogP) is 1.77. The number of piperazine rings is 1. The number of carbonyl (C=O) groups excluding carboxylic acids is 1. The first-order chi connectivity index (χ1) is 10.7. The summed E-state index contributed by atoms with van der Waals surface area (Å²) in [6, 6.07) is 5.75. The average molecular weight is 403 g/mol. The summed E-state index contributed by atoms with van der Waals surface area (Å²) in [7, 11) is 0. The molecule has 1 amide bonds. The van der Waals surface area contributed by atoms with E-state index in [1.165, 1.54) is 0 Å². The van der Waals surface area contributed by atoms with Crippen molar-refractivity contribution in [1.82, 2.24) is 25.7 Å². The molecule has 3 N–H and O–H groups in total. The SMILES string of the molecule is Cl.O=C(NCCCN1CCNCC1)c1n[nH]c2ccc(Br)cc12. The van der Waals surface area contributed by atoms with Crippen LogP contribution in [0.25, 0.3) is 10.9 Å². The number of aromatic amines is 1. The molecule has 0 aliphatic carbocycles. The van der Waals surface area contributed by atoms with Crippen molar-refractivity contribution in [2.45, 2.75) is 6.42 Å². The van der Waals surface area contributed by atoms with Crippen molar-refractivity contribution in [3.05, 3.63) is 28.4 Å². The molecule has 126 valence electrons. The van der Waals surface area contributed by atoms with Crippen LogP contribution in [0.3, 0.4) is 0 Å². The first-order valence-corrected chi connectivity index (χ1v) is 8.38. The van der Waals surface area contributed by atoms with E-state index in [1.807, 2.05) is 18.2 Å². The molecule has 6 nitrogen and oxygen atoms in total. The molecule has 0 spiro atoms. The second-order valence-electron chi connectivity index (χ2n) is 5.46. The van der Waals surface area contributed by atoms with Crippen molar-refractivity contribution < 1.29 is 4.79 Å². The van der Waals surface area contributed by atoms with Crippen LogP contribution >= 0.6 is 28.3 Å². The molecular weight excluding hydrogens is 382 g/mol. The van der Waals surface area contributed by atoms with Crippen LogP contribution in [0.4, 0.5) is 0 Å². The van der Waals surface area contributed by atoms with Gasteiger partial charge in [0.25, 0.3) is 5.91 Å². The van der Waals surface area contributed by atoms with Gasteiger partial charge in [-0.3, -0.25) is 9.89 Å². The molecule has 1 saturated heterocycles. The van der Waals surface area contributed by atoms with E-state index in [-0.39, 0.29) is 18.3 Å². The monoisotopic (exact) mass is 401 g/mol. The summed E-state index contributed by atoms with van der Waals surface area (Å²) >= 11 is 3.42. The third-order valence-corrected chi connectivity index (χ3v) is 4.38. The topological polar surface area (TPSA) is 73.1 Å². The van der Waals surface area contributed by atoms with Crippen LogP contribution in [0.2, 0.25) is 0 Å². The van der Waals surface area contributed by atoms with E-state index in [1.54, 1.807) is 0 Å². The van der Waals surface area contributed by atoms with Crippen molar-refractivity contribution in [3.8, 4) is 0 Å². The lowest BCUT2D eigenvalue weighted by molar-refractivity contribution is 0.0948. The lowest BCUT2D eigenvalue weighted by atomic mass is 10.2. The summed E-state index contributed by atoms with van der Waals surface area (Å²) in [5, 5.41) is 14.2. The summed E-state index contributed by atoms with van der Waals surface area (Å²) in [4.78, 5) is 14.7. The van der Waals surface area contributed by atoms with E-state index in [2.05, 4.69) is 41.7 Å². The van der Waals surface area contributed by atoms with Gasteiger partial charge in [0.1, 0.15) is 0 Å². The molecule has 1 aliphatic rings. The standard InChI is InChI=1S/C15H20BrN5O.ClH/c16-11-2-3-13-12(10-11)14(20-19-13)15(22)18-4-1-7-21-8-5-17-6-9-21;/h2-3,10,17H,1,4-9H2,(H,18,22)(H,19,20);1H. The largest absolute Gasteiger partial charge is 0.351 e. The Balaban J connectivity index is 0.00000192. The van der Waals surface area contributed by atoms with Gasteiger partial charge in [-0.05, 0) is 31.2 Å². The van der Waals surface area contributed by atoms with Gasteiger partial charge in [0.15, 0.2) is 5.69 Å². The number of nitrogens with one attached hydrogen (secondary N) is 3. The molecule has 3 rings (SSSR count). The fraction of sp³-hybridized carbons (Fsp3) is 0.467. The highest BCUT2D eigenvalue weighted by Gasteiger charge is 2.14. The number of hydrogen-bond acceptors (Lipinski definition) is 4. The Morgan fingerprint density at radius 1 is 1.35 bits per heavy atom. The molecule has 8 heteroatoms. The fourth-order valence-corrected chi connectivity index (χ4v) is 3.04. The minimum Gasteiger partial charge on any atom is -0.351 e. The third kappa shape index (κ3) is 4.67. The third-order valence-electron chi connectivity index (χ3n) is 3.89. The van der Waals surface area contributed by atoms with Gasteiger partial charge < -0.3 is 15.5 Å². The molecule has 0 unspecified atom stereocenters. The second-order valence-corrected chi connectivity index (χ2v) is 6.38. The van der Waals surface area contributed by atoms with E-state index in [9.17, 15) is 4.79 Å². The number of nitrogens with zero attached hydrogens (tertiary/aromatic N) is 2. The molecule has 0 bridgehead atoms. The Kier molecular flexibility index (Phi) is 6.83. The Labute approximate surface area is 149 Å². The predicted molar refractivity (Wildman–Crippen MR) is 97.3 cm³/mol. The van der Waals surface area contributed by atoms with Gasteiger partial charge in [0.05, 0.1) is 5.52 Å². The average Bonchev–Trinajstić information content (AvgIpc) is 2.95. The van der Waals surface area contributed by atoms with Gasteiger partial charge in [0.2, 0.25) is 0 Å². The number of halogens is 2. The highest BCUT2D eigenvalue weighted by Crippen LogP contribution is 2.20. The smallest absolute Gasteiger partial charge is 0.272 e. The zero-order valence-electron chi connectivity index (χ0n) is 12.8.